The molecular formula is C27H24N4O3S. The molecule has 8 heteroatoms. The summed E-state index contributed by atoms with van der Waals surface area (Å²) >= 11 is 1.36. The van der Waals surface area contributed by atoms with E-state index in [9.17, 15) is 4.79 Å². The van der Waals surface area contributed by atoms with Crippen molar-refractivity contribution in [3.05, 3.63) is 90.7 Å². The van der Waals surface area contributed by atoms with Crippen molar-refractivity contribution in [1.29, 1.82) is 0 Å². The lowest BCUT2D eigenvalue weighted by Crippen LogP contribution is -2.27. The maximum Gasteiger partial charge on any atom is 0.233 e. The Hall–Kier alpha value is -4.04. The van der Waals surface area contributed by atoms with Gasteiger partial charge in [0, 0.05) is 19.3 Å². The second kappa shape index (κ2) is 10.1. The number of benzene rings is 3. The maximum atomic E-state index is 13.0. The second-order valence-electron chi connectivity index (χ2n) is 8.04. The molecule has 0 fully saturated rings. The van der Waals surface area contributed by atoms with Gasteiger partial charge in [-0.3, -0.25) is 9.36 Å². The summed E-state index contributed by atoms with van der Waals surface area (Å²) in [5, 5.41) is 11.5. The zero-order valence-electron chi connectivity index (χ0n) is 19.4. The predicted octanol–water partition coefficient (Wildman–Crippen LogP) is 5.44. The van der Waals surface area contributed by atoms with Crippen molar-refractivity contribution in [2.24, 2.45) is 0 Å². The van der Waals surface area contributed by atoms with E-state index in [1.54, 1.807) is 18.3 Å². The first-order valence-corrected chi connectivity index (χ1v) is 12.1. The van der Waals surface area contributed by atoms with Crippen molar-refractivity contribution in [1.82, 2.24) is 19.7 Å². The lowest BCUT2D eigenvalue weighted by molar-refractivity contribution is -0.127. The second-order valence-corrected chi connectivity index (χ2v) is 8.98. The molecule has 0 aliphatic rings. The lowest BCUT2D eigenvalue weighted by atomic mass is 10.1. The van der Waals surface area contributed by atoms with E-state index < -0.39 is 0 Å². The van der Waals surface area contributed by atoms with E-state index in [0.29, 0.717) is 23.3 Å². The minimum absolute atomic E-state index is 0.00647. The highest BCUT2D eigenvalue weighted by molar-refractivity contribution is 7.99. The number of ether oxygens (including phenoxy) is 1. The first kappa shape index (κ1) is 22.7. The molecule has 0 aliphatic carbocycles. The number of furan rings is 1. The van der Waals surface area contributed by atoms with Crippen LogP contribution in [0.1, 0.15) is 5.56 Å². The summed E-state index contributed by atoms with van der Waals surface area (Å²) < 4.78 is 12.8. The lowest BCUT2D eigenvalue weighted by Gasteiger charge is -2.17. The molecule has 35 heavy (non-hydrogen) atoms. The fourth-order valence-corrected chi connectivity index (χ4v) is 4.73. The standard InChI is InChI=1S/C27H24N4O3S/c1-30(17-19-10-11-21-16-23(33-2)13-12-20(21)15-19)25(32)18-35-27-29-28-26(24-9-6-14-34-24)31(27)22-7-4-3-5-8-22/h3-16H,17-18H2,1-2H3. The smallest absolute Gasteiger partial charge is 0.233 e. The number of thioether (sulfide) groups is 1. The molecule has 1 amide bonds. The fraction of sp³-hybridized carbons (Fsp3) is 0.148. The van der Waals surface area contributed by atoms with Crippen LogP contribution in [0.3, 0.4) is 0 Å². The Bertz CT molecular complexity index is 1450. The van der Waals surface area contributed by atoms with Crippen molar-refractivity contribution in [3.8, 4) is 23.0 Å². The molecule has 0 radical (unpaired) electrons. The highest BCUT2D eigenvalue weighted by atomic mass is 32.2. The van der Waals surface area contributed by atoms with Crippen LogP contribution >= 0.6 is 11.8 Å². The number of hydrogen-bond acceptors (Lipinski definition) is 6. The summed E-state index contributed by atoms with van der Waals surface area (Å²) in [5.74, 6) is 2.28. The first-order chi connectivity index (χ1) is 17.1. The number of fused-ring (bicyclic) bond motifs is 1. The monoisotopic (exact) mass is 484 g/mol. The molecule has 0 saturated heterocycles. The van der Waals surface area contributed by atoms with Crippen molar-refractivity contribution in [2.75, 3.05) is 19.9 Å². The van der Waals surface area contributed by atoms with E-state index in [1.807, 2.05) is 78.3 Å². The van der Waals surface area contributed by atoms with Crippen LogP contribution in [0, 0.1) is 0 Å². The van der Waals surface area contributed by atoms with Crippen LogP contribution in [-0.4, -0.2) is 45.5 Å². The number of carbonyl (C=O) groups excluding carboxylic acids is 1. The molecule has 5 rings (SSSR count). The third-order valence-electron chi connectivity index (χ3n) is 5.67. The van der Waals surface area contributed by atoms with Gasteiger partial charge in [0.05, 0.1) is 19.1 Å². The Balaban J connectivity index is 1.30. The molecular weight excluding hydrogens is 460 g/mol. The van der Waals surface area contributed by atoms with Crippen LogP contribution in [0.2, 0.25) is 0 Å². The quantitative estimate of drug-likeness (QED) is 0.273. The van der Waals surface area contributed by atoms with Gasteiger partial charge < -0.3 is 14.1 Å². The van der Waals surface area contributed by atoms with Crippen molar-refractivity contribution in [2.45, 2.75) is 11.7 Å². The van der Waals surface area contributed by atoms with Crippen LogP contribution in [0.25, 0.3) is 28.0 Å². The summed E-state index contributed by atoms with van der Waals surface area (Å²) in [4.78, 5) is 14.7. The third-order valence-corrected chi connectivity index (χ3v) is 6.59. The first-order valence-electron chi connectivity index (χ1n) is 11.1. The van der Waals surface area contributed by atoms with E-state index in [2.05, 4.69) is 22.3 Å². The number of methoxy groups -OCH3 is 1. The van der Waals surface area contributed by atoms with E-state index in [-0.39, 0.29) is 11.7 Å². The van der Waals surface area contributed by atoms with E-state index in [1.165, 1.54) is 11.8 Å². The molecule has 0 unspecified atom stereocenters. The molecule has 5 aromatic rings. The van der Waals surface area contributed by atoms with Gasteiger partial charge in [-0.25, -0.2) is 0 Å². The van der Waals surface area contributed by atoms with Crippen LogP contribution in [0.5, 0.6) is 5.75 Å². The van der Waals surface area contributed by atoms with E-state index in [4.69, 9.17) is 9.15 Å². The molecule has 0 atom stereocenters. The Labute approximate surface area is 207 Å². The molecule has 7 nitrogen and oxygen atoms in total. The summed E-state index contributed by atoms with van der Waals surface area (Å²) in [5.41, 5.74) is 1.97. The minimum Gasteiger partial charge on any atom is -0.497 e. The Kier molecular flexibility index (Phi) is 6.54. The van der Waals surface area contributed by atoms with E-state index >= 15 is 0 Å². The maximum absolute atomic E-state index is 13.0. The molecule has 0 bridgehead atoms. The molecule has 0 spiro atoms. The SMILES string of the molecule is COc1ccc2cc(CN(C)C(=O)CSc3nnc(-c4ccco4)n3-c3ccccc3)ccc2c1. The number of para-hydroxylation sites is 1. The van der Waals surface area contributed by atoms with Gasteiger partial charge >= 0.3 is 0 Å². The number of nitrogens with zero attached hydrogens (tertiary/aromatic N) is 4. The molecule has 2 aromatic heterocycles. The van der Waals surface area contributed by atoms with Gasteiger partial charge in [0.2, 0.25) is 11.7 Å². The Morgan fingerprint density at radius 1 is 1.00 bits per heavy atom. The molecule has 3 aromatic carbocycles. The van der Waals surface area contributed by atoms with Gasteiger partial charge in [-0.1, -0.05) is 48.2 Å². The highest BCUT2D eigenvalue weighted by Crippen LogP contribution is 2.28. The summed E-state index contributed by atoms with van der Waals surface area (Å²) in [6, 6.07) is 25.6. The zero-order valence-corrected chi connectivity index (χ0v) is 20.2. The molecule has 0 N–H and O–H groups in total. The largest absolute Gasteiger partial charge is 0.497 e. The molecule has 2 heterocycles. The number of rotatable bonds is 8. The predicted molar refractivity (Wildman–Crippen MR) is 137 cm³/mol. The van der Waals surface area contributed by atoms with Gasteiger partial charge in [0.1, 0.15) is 5.75 Å². The minimum atomic E-state index is 0.00647. The van der Waals surface area contributed by atoms with Gasteiger partial charge in [-0.05, 0) is 58.8 Å². The van der Waals surface area contributed by atoms with Crippen molar-refractivity contribution in [3.63, 3.8) is 0 Å². The molecule has 0 aliphatic heterocycles. The average molecular weight is 485 g/mol. The normalized spacial score (nSPS) is 11.0. The topological polar surface area (TPSA) is 73.4 Å². The van der Waals surface area contributed by atoms with Crippen molar-refractivity contribution < 1.29 is 13.9 Å². The van der Waals surface area contributed by atoms with Crippen molar-refractivity contribution >= 4 is 28.4 Å². The molecule has 0 saturated carbocycles. The number of aromatic nitrogens is 3. The van der Waals surface area contributed by atoms with E-state index in [0.717, 1.165) is 27.8 Å². The number of amides is 1. The average Bonchev–Trinajstić information content (AvgIpc) is 3.57. The van der Waals surface area contributed by atoms with Gasteiger partial charge in [0.25, 0.3) is 0 Å². The fourth-order valence-electron chi connectivity index (χ4n) is 3.84. The summed E-state index contributed by atoms with van der Waals surface area (Å²) in [7, 11) is 3.48. The van der Waals surface area contributed by atoms with Crippen LogP contribution in [0.4, 0.5) is 0 Å². The Morgan fingerprint density at radius 3 is 2.57 bits per heavy atom. The highest BCUT2D eigenvalue weighted by Gasteiger charge is 2.20. The van der Waals surface area contributed by atoms with Gasteiger partial charge in [-0.2, -0.15) is 0 Å². The molecule has 176 valence electrons. The summed E-state index contributed by atoms with van der Waals surface area (Å²) in [6.07, 6.45) is 1.61. The third kappa shape index (κ3) is 4.93. The summed E-state index contributed by atoms with van der Waals surface area (Å²) in [6.45, 7) is 0.518. The van der Waals surface area contributed by atoms with Crippen LogP contribution in [-0.2, 0) is 11.3 Å². The van der Waals surface area contributed by atoms with Gasteiger partial charge in [-0.15, -0.1) is 10.2 Å². The zero-order chi connectivity index (χ0) is 24.2. The number of hydrogen-bond donors (Lipinski definition) is 0. The van der Waals surface area contributed by atoms with Crippen LogP contribution < -0.4 is 4.74 Å². The number of carbonyl (C=O) groups is 1. The van der Waals surface area contributed by atoms with Gasteiger partial charge in [0.15, 0.2) is 10.9 Å². The Morgan fingerprint density at radius 2 is 1.80 bits per heavy atom. The van der Waals surface area contributed by atoms with Crippen LogP contribution in [0.15, 0.2) is 94.7 Å².